The summed E-state index contributed by atoms with van der Waals surface area (Å²) >= 11 is 0. The molecule has 1 saturated heterocycles. The number of likely N-dealkylation sites (N-methyl/N-ethyl adjacent to an activating group) is 1. The van der Waals surface area contributed by atoms with Crippen molar-refractivity contribution in [1.82, 2.24) is 19.6 Å². The molecule has 0 radical (unpaired) electrons. The zero-order valence-electron chi connectivity index (χ0n) is 21.8. The van der Waals surface area contributed by atoms with Gasteiger partial charge in [0.1, 0.15) is 11.5 Å². The third-order valence-electron chi connectivity index (χ3n) is 6.86. The van der Waals surface area contributed by atoms with Crippen LogP contribution in [0.3, 0.4) is 0 Å². The number of aliphatic hydroxyl groups excluding tert-OH is 1. The van der Waals surface area contributed by atoms with Gasteiger partial charge in [0.2, 0.25) is 0 Å². The summed E-state index contributed by atoms with van der Waals surface area (Å²) in [6.45, 7) is 11.1. The van der Waals surface area contributed by atoms with Gasteiger partial charge in [-0.3, -0.25) is 9.59 Å². The molecule has 4 rings (SSSR count). The molecule has 8 nitrogen and oxygen atoms in total. The molecule has 0 spiro atoms. The summed E-state index contributed by atoms with van der Waals surface area (Å²) in [5.41, 5.74) is 2.73. The van der Waals surface area contributed by atoms with E-state index >= 15 is 0 Å². The zero-order chi connectivity index (χ0) is 26.5. The normalized spacial score (nSPS) is 17.1. The first-order chi connectivity index (χ1) is 17.9. The van der Waals surface area contributed by atoms with Crippen molar-refractivity contribution in [2.45, 2.75) is 33.7 Å². The van der Waals surface area contributed by atoms with Gasteiger partial charge in [0.25, 0.3) is 11.7 Å². The van der Waals surface area contributed by atoms with Crippen LogP contribution in [0.1, 0.15) is 43.6 Å². The van der Waals surface area contributed by atoms with E-state index in [4.69, 9.17) is 4.74 Å². The van der Waals surface area contributed by atoms with Gasteiger partial charge in [-0.2, -0.15) is 5.10 Å². The number of ether oxygens (including phenoxy) is 1. The molecular weight excluding hydrogens is 468 g/mol. The molecule has 8 heteroatoms. The van der Waals surface area contributed by atoms with Gasteiger partial charge in [-0.1, -0.05) is 44.2 Å². The molecule has 1 atom stereocenters. The first kappa shape index (κ1) is 26.2. The van der Waals surface area contributed by atoms with E-state index in [1.54, 1.807) is 9.58 Å². The quantitative estimate of drug-likeness (QED) is 0.252. The Morgan fingerprint density at radius 1 is 1.03 bits per heavy atom. The molecule has 194 valence electrons. The molecule has 1 aliphatic heterocycles. The number of Topliss-reactive ketones (excluding diaryl/α,β-unsaturated/α-hetero) is 1. The van der Waals surface area contributed by atoms with Gasteiger partial charge in [-0.05, 0) is 56.8 Å². The van der Waals surface area contributed by atoms with Crippen LogP contribution in [0.25, 0.3) is 11.4 Å². The summed E-state index contributed by atoms with van der Waals surface area (Å²) in [4.78, 5) is 30.4. The van der Waals surface area contributed by atoms with Crippen LogP contribution >= 0.6 is 0 Å². The fourth-order valence-electron chi connectivity index (χ4n) is 4.78. The molecule has 37 heavy (non-hydrogen) atoms. The van der Waals surface area contributed by atoms with Crippen molar-refractivity contribution < 1.29 is 19.4 Å². The van der Waals surface area contributed by atoms with E-state index in [1.165, 1.54) is 6.20 Å². The van der Waals surface area contributed by atoms with Crippen LogP contribution in [0.5, 0.6) is 5.75 Å². The van der Waals surface area contributed by atoms with E-state index < -0.39 is 17.7 Å². The molecule has 2 heterocycles. The van der Waals surface area contributed by atoms with Crippen LogP contribution in [-0.2, 0) is 9.59 Å². The number of benzene rings is 2. The molecule has 1 aliphatic rings. The molecular formula is C29H34N4O4. The predicted octanol–water partition coefficient (Wildman–Crippen LogP) is 4.34. The molecule has 1 aromatic heterocycles. The Balaban J connectivity index is 1.80. The maximum atomic E-state index is 13.4. The Morgan fingerprint density at radius 3 is 2.32 bits per heavy atom. The predicted molar refractivity (Wildman–Crippen MR) is 143 cm³/mol. The van der Waals surface area contributed by atoms with E-state index in [1.807, 2.05) is 68.4 Å². The van der Waals surface area contributed by atoms with Crippen LogP contribution in [0, 0.1) is 6.92 Å². The van der Waals surface area contributed by atoms with Gasteiger partial charge >= 0.3 is 0 Å². The highest BCUT2D eigenvalue weighted by molar-refractivity contribution is 6.46. The second-order valence-corrected chi connectivity index (χ2v) is 8.91. The van der Waals surface area contributed by atoms with Crippen molar-refractivity contribution in [2.75, 3.05) is 32.8 Å². The molecule has 1 fully saturated rings. The van der Waals surface area contributed by atoms with Gasteiger partial charge < -0.3 is 19.6 Å². The highest BCUT2D eigenvalue weighted by atomic mass is 16.5. The van der Waals surface area contributed by atoms with Gasteiger partial charge in [-0.15, -0.1) is 0 Å². The van der Waals surface area contributed by atoms with Crippen molar-refractivity contribution in [3.05, 3.63) is 83.2 Å². The minimum Gasteiger partial charge on any atom is -0.507 e. The molecule has 0 aliphatic carbocycles. The Labute approximate surface area is 217 Å². The lowest BCUT2D eigenvalue weighted by Gasteiger charge is -2.28. The summed E-state index contributed by atoms with van der Waals surface area (Å²) in [6, 6.07) is 16.2. The van der Waals surface area contributed by atoms with E-state index in [9.17, 15) is 14.7 Å². The molecule has 1 unspecified atom stereocenters. The summed E-state index contributed by atoms with van der Waals surface area (Å²) in [7, 11) is 0. The molecule has 0 bridgehead atoms. The van der Waals surface area contributed by atoms with Gasteiger partial charge in [0, 0.05) is 13.1 Å². The first-order valence-electron chi connectivity index (χ1n) is 12.7. The zero-order valence-corrected chi connectivity index (χ0v) is 21.8. The van der Waals surface area contributed by atoms with Crippen molar-refractivity contribution in [3.8, 4) is 11.4 Å². The molecule has 0 saturated carbocycles. The second-order valence-electron chi connectivity index (χ2n) is 8.91. The van der Waals surface area contributed by atoms with Crippen molar-refractivity contribution in [2.24, 2.45) is 0 Å². The van der Waals surface area contributed by atoms with Crippen molar-refractivity contribution >= 4 is 17.4 Å². The summed E-state index contributed by atoms with van der Waals surface area (Å²) < 4.78 is 7.28. The smallest absolute Gasteiger partial charge is 0.295 e. The third-order valence-corrected chi connectivity index (χ3v) is 6.86. The van der Waals surface area contributed by atoms with E-state index in [0.717, 1.165) is 24.3 Å². The fraction of sp³-hybridized carbons (Fsp3) is 0.345. The Bertz CT molecular complexity index is 1280. The average molecular weight is 503 g/mol. The van der Waals surface area contributed by atoms with Crippen LogP contribution in [-0.4, -0.2) is 69.2 Å². The number of para-hydroxylation sites is 1. The van der Waals surface area contributed by atoms with Crippen molar-refractivity contribution in [1.29, 1.82) is 0 Å². The monoisotopic (exact) mass is 502 g/mol. The van der Waals surface area contributed by atoms with Crippen LogP contribution in [0.15, 0.2) is 66.4 Å². The van der Waals surface area contributed by atoms with Crippen LogP contribution in [0.2, 0.25) is 0 Å². The van der Waals surface area contributed by atoms with Crippen LogP contribution < -0.4 is 4.74 Å². The number of aliphatic hydroxyl groups is 1. The Kier molecular flexibility index (Phi) is 8.08. The molecule has 1 N–H and O–H groups in total. The molecule has 1 amide bonds. The molecule has 2 aromatic carbocycles. The maximum absolute atomic E-state index is 13.4. The minimum atomic E-state index is -0.717. The average Bonchev–Trinajstić information content (AvgIpc) is 3.42. The largest absolute Gasteiger partial charge is 0.507 e. The number of ketones is 1. The lowest BCUT2D eigenvalue weighted by atomic mass is 9.95. The van der Waals surface area contributed by atoms with E-state index in [2.05, 4.69) is 23.8 Å². The van der Waals surface area contributed by atoms with Gasteiger partial charge in [0.05, 0.1) is 41.4 Å². The number of likely N-dealkylation sites (tertiary alicyclic amines) is 1. The first-order valence-corrected chi connectivity index (χ1v) is 12.7. The number of hydrogen-bond donors (Lipinski definition) is 1. The number of carbonyl (C=O) groups excluding carboxylic acids is 2. The number of amides is 1. The number of hydrogen-bond acceptors (Lipinski definition) is 6. The Hall–Kier alpha value is -3.91. The lowest BCUT2D eigenvalue weighted by Crippen LogP contribution is -2.38. The summed E-state index contributed by atoms with van der Waals surface area (Å²) in [5, 5.41) is 15.9. The standard InChI is InChI=1S/C29H34N4O4/c1-5-31(6-2)17-18-32-26(21-13-15-23(16-14-21)37-7-3)25(28(35)29(32)36)27(34)24-19-30-33(20(24)4)22-11-9-8-10-12-22/h8-16,19,26,34H,5-7,17-18H2,1-4H3/b27-25+. The number of carbonyl (C=O) groups is 2. The fourth-order valence-corrected chi connectivity index (χ4v) is 4.78. The highest BCUT2D eigenvalue weighted by Gasteiger charge is 2.46. The van der Waals surface area contributed by atoms with Crippen molar-refractivity contribution in [3.63, 3.8) is 0 Å². The maximum Gasteiger partial charge on any atom is 0.295 e. The third kappa shape index (κ3) is 5.15. The number of aromatic nitrogens is 2. The number of rotatable bonds is 10. The van der Waals surface area contributed by atoms with Gasteiger partial charge in [0.15, 0.2) is 0 Å². The second kappa shape index (κ2) is 11.4. The Morgan fingerprint density at radius 2 is 1.70 bits per heavy atom. The van der Waals surface area contributed by atoms with E-state index in [0.29, 0.717) is 36.7 Å². The SMILES string of the molecule is CCOc1ccc(C2/C(=C(\O)c3cnn(-c4ccccc4)c3C)C(=O)C(=O)N2CCN(CC)CC)cc1. The summed E-state index contributed by atoms with van der Waals surface area (Å²) in [5.74, 6) is -0.822. The topological polar surface area (TPSA) is 87.9 Å². The molecule has 3 aromatic rings. The summed E-state index contributed by atoms with van der Waals surface area (Å²) in [6.07, 6.45) is 1.54. The van der Waals surface area contributed by atoms with E-state index in [-0.39, 0.29) is 11.3 Å². The highest BCUT2D eigenvalue weighted by Crippen LogP contribution is 2.40. The van der Waals surface area contributed by atoms with Gasteiger partial charge in [-0.25, -0.2) is 4.68 Å². The minimum absolute atomic E-state index is 0.0735. The number of nitrogens with zero attached hydrogens (tertiary/aromatic N) is 4. The van der Waals surface area contributed by atoms with Crippen LogP contribution in [0.4, 0.5) is 0 Å². The lowest BCUT2D eigenvalue weighted by molar-refractivity contribution is -0.140.